The van der Waals surface area contributed by atoms with Gasteiger partial charge in [-0.2, -0.15) is 0 Å². The van der Waals surface area contributed by atoms with Crippen molar-refractivity contribution in [3.63, 3.8) is 0 Å². The van der Waals surface area contributed by atoms with E-state index in [1.807, 2.05) is 0 Å². The Kier molecular flexibility index (Phi) is 3.60. The van der Waals surface area contributed by atoms with Crippen LogP contribution in [0.3, 0.4) is 0 Å². The zero-order chi connectivity index (χ0) is 9.80. The lowest BCUT2D eigenvalue weighted by molar-refractivity contribution is 0.682. The van der Waals surface area contributed by atoms with Crippen molar-refractivity contribution in [1.82, 2.24) is 5.32 Å². The first-order chi connectivity index (χ1) is 6.90. The van der Waals surface area contributed by atoms with Crippen molar-refractivity contribution >= 4 is 15.9 Å². The average molecular weight is 254 g/mol. The highest BCUT2D eigenvalue weighted by atomic mass is 79.9. The number of hydrogen-bond donors (Lipinski definition) is 1. The first-order valence-corrected chi connectivity index (χ1v) is 6.39. The molecular formula is C12H16BrN. The zero-order valence-electron chi connectivity index (χ0n) is 8.35. The quantitative estimate of drug-likeness (QED) is 0.645. The molecule has 1 N–H and O–H groups in total. The molecule has 0 bridgehead atoms. The van der Waals surface area contributed by atoms with Crippen molar-refractivity contribution < 1.29 is 0 Å². The number of halogens is 1. The van der Waals surface area contributed by atoms with Crippen molar-refractivity contribution in [2.24, 2.45) is 0 Å². The highest BCUT2D eigenvalue weighted by molar-refractivity contribution is 9.09. The molecule has 1 aliphatic carbocycles. The largest absolute Gasteiger partial charge is 0.303 e. The van der Waals surface area contributed by atoms with E-state index in [4.69, 9.17) is 0 Å². The van der Waals surface area contributed by atoms with Gasteiger partial charge >= 0.3 is 0 Å². The molecule has 0 amide bonds. The molecule has 0 radical (unpaired) electrons. The summed E-state index contributed by atoms with van der Waals surface area (Å²) < 4.78 is 0. The third-order valence-electron chi connectivity index (χ3n) is 2.84. The fourth-order valence-electron chi connectivity index (χ4n) is 2.09. The molecule has 1 nitrogen and oxygen atoms in total. The first-order valence-electron chi connectivity index (χ1n) is 5.27. The molecule has 0 saturated carbocycles. The van der Waals surface area contributed by atoms with Crippen molar-refractivity contribution in [2.45, 2.75) is 32.2 Å². The summed E-state index contributed by atoms with van der Waals surface area (Å²) in [6, 6.07) is 6.92. The van der Waals surface area contributed by atoms with Crippen LogP contribution in [-0.4, -0.2) is 5.45 Å². The summed E-state index contributed by atoms with van der Waals surface area (Å²) in [6.45, 7) is 0.971. The number of fused-ring (bicyclic) bond motifs is 1. The van der Waals surface area contributed by atoms with Crippen LogP contribution in [0, 0.1) is 0 Å². The SMILES string of the molecule is BrCNCc1ccc2c(c1)CCCC2. The van der Waals surface area contributed by atoms with Gasteiger partial charge in [-0.25, -0.2) is 0 Å². The van der Waals surface area contributed by atoms with Crippen LogP contribution in [0.25, 0.3) is 0 Å². The molecule has 0 aliphatic heterocycles. The van der Waals surface area contributed by atoms with Crippen molar-refractivity contribution in [3.05, 3.63) is 34.9 Å². The van der Waals surface area contributed by atoms with Gasteiger partial charge in [-0.15, -0.1) is 0 Å². The smallest absolute Gasteiger partial charge is 0.0519 e. The van der Waals surface area contributed by atoms with E-state index in [1.165, 1.54) is 31.2 Å². The maximum absolute atomic E-state index is 3.37. The summed E-state index contributed by atoms with van der Waals surface area (Å²) in [4.78, 5) is 0. The Morgan fingerprint density at radius 1 is 1.14 bits per heavy atom. The van der Waals surface area contributed by atoms with Gasteiger partial charge in [0.2, 0.25) is 0 Å². The van der Waals surface area contributed by atoms with E-state index < -0.39 is 0 Å². The number of rotatable bonds is 3. The molecule has 0 atom stereocenters. The van der Waals surface area contributed by atoms with Gasteiger partial charge in [0.05, 0.1) is 5.45 Å². The Morgan fingerprint density at radius 3 is 2.71 bits per heavy atom. The second-order valence-corrected chi connectivity index (χ2v) is 4.43. The molecule has 76 valence electrons. The minimum absolute atomic E-state index is 0.865. The Labute approximate surface area is 94.0 Å². The summed E-state index contributed by atoms with van der Waals surface area (Å²) in [5.74, 6) is 0. The molecule has 0 aromatic heterocycles. The number of nitrogens with one attached hydrogen (secondary N) is 1. The summed E-state index contributed by atoms with van der Waals surface area (Å²) in [7, 11) is 0. The number of hydrogen-bond acceptors (Lipinski definition) is 1. The Bertz CT molecular complexity index is 309. The summed E-state index contributed by atoms with van der Waals surface area (Å²) in [5.41, 5.74) is 5.42. The van der Waals surface area contributed by atoms with Gasteiger partial charge in [-0.3, -0.25) is 0 Å². The monoisotopic (exact) mass is 253 g/mol. The Hall–Kier alpha value is -0.340. The van der Waals surface area contributed by atoms with Crippen LogP contribution < -0.4 is 5.32 Å². The third kappa shape index (κ3) is 2.37. The molecule has 0 fully saturated rings. The van der Waals surface area contributed by atoms with Gasteiger partial charge in [0, 0.05) is 6.54 Å². The summed E-state index contributed by atoms with van der Waals surface area (Å²) in [6.07, 6.45) is 5.29. The molecule has 0 spiro atoms. The van der Waals surface area contributed by atoms with Crippen LogP contribution in [0.1, 0.15) is 29.5 Å². The van der Waals surface area contributed by atoms with Crippen molar-refractivity contribution in [3.8, 4) is 0 Å². The van der Waals surface area contributed by atoms with E-state index in [0.29, 0.717) is 0 Å². The third-order valence-corrected chi connectivity index (χ3v) is 3.23. The van der Waals surface area contributed by atoms with E-state index >= 15 is 0 Å². The predicted octanol–water partition coefficient (Wildman–Crippen LogP) is 3.01. The van der Waals surface area contributed by atoms with Gasteiger partial charge in [0.1, 0.15) is 0 Å². The second kappa shape index (κ2) is 4.94. The van der Waals surface area contributed by atoms with E-state index in [0.717, 1.165) is 12.0 Å². The zero-order valence-corrected chi connectivity index (χ0v) is 9.94. The van der Waals surface area contributed by atoms with Crippen molar-refractivity contribution in [1.29, 1.82) is 0 Å². The molecule has 0 heterocycles. The molecule has 1 aliphatic rings. The fraction of sp³-hybridized carbons (Fsp3) is 0.500. The highest BCUT2D eigenvalue weighted by Crippen LogP contribution is 2.22. The topological polar surface area (TPSA) is 12.0 Å². The van der Waals surface area contributed by atoms with Gasteiger partial charge in [-0.05, 0) is 42.4 Å². The molecule has 0 saturated heterocycles. The van der Waals surface area contributed by atoms with Crippen LogP contribution in [-0.2, 0) is 19.4 Å². The summed E-state index contributed by atoms with van der Waals surface area (Å²) >= 11 is 3.37. The number of alkyl halides is 1. The first kappa shape index (κ1) is 10.2. The lowest BCUT2D eigenvalue weighted by Gasteiger charge is -2.16. The number of benzene rings is 1. The lowest BCUT2D eigenvalue weighted by Crippen LogP contribution is -2.11. The van der Waals surface area contributed by atoms with Gasteiger partial charge in [0.15, 0.2) is 0 Å². The van der Waals surface area contributed by atoms with Crippen LogP contribution in [0.2, 0.25) is 0 Å². The minimum Gasteiger partial charge on any atom is -0.303 e. The number of aryl methyl sites for hydroxylation is 2. The molecule has 1 aromatic carbocycles. The van der Waals surface area contributed by atoms with Crippen LogP contribution in [0.15, 0.2) is 18.2 Å². The summed E-state index contributed by atoms with van der Waals surface area (Å²) in [5, 5.41) is 3.29. The molecule has 1 aromatic rings. The van der Waals surface area contributed by atoms with E-state index in [9.17, 15) is 0 Å². The normalized spacial score (nSPS) is 15.2. The van der Waals surface area contributed by atoms with E-state index in [1.54, 1.807) is 11.1 Å². The molecule has 2 rings (SSSR count). The van der Waals surface area contributed by atoms with Crippen molar-refractivity contribution in [2.75, 3.05) is 5.45 Å². The van der Waals surface area contributed by atoms with Gasteiger partial charge < -0.3 is 5.32 Å². The maximum atomic E-state index is 3.37. The van der Waals surface area contributed by atoms with E-state index in [2.05, 4.69) is 39.4 Å². The van der Waals surface area contributed by atoms with Gasteiger partial charge in [-0.1, -0.05) is 34.1 Å². The lowest BCUT2D eigenvalue weighted by atomic mass is 9.90. The maximum Gasteiger partial charge on any atom is 0.0519 e. The van der Waals surface area contributed by atoms with Crippen LogP contribution in [0.5, 0.6) is 0 Å². The van der Waals surface area contributed by atoms with E-state index in [-0.39, 0.29) is 0 Å². The molecule has 14 heavy (non-hydrogen) atoms. The van der Waals surface area contributed by atoms with Crippen LogP contribution >= 0.6 is 15.9 Å². The predicted molar refractivity (Wildman–Crippen MR) is 63.7 cm³/mol. The molecule has 0 unspecified atom stereocenters. The average Bonchev–Trinajstić information content (AvgIpc) is 2.26. The standard InChI is InChI=1S/C12H16BrN/c13-9-14-8-10-5-6-11-3-1-2-4-12(11)7-10/h5-7,14H,1-4,8-9H2. The minimum atomic E-state index is 0.865. The Balaban J connectivity index is 2.12. The highest BCUT2D eigenvalue weighted by Gasteiger charge is 2.08. The second-order valence-electron chi connectivity index (χ2n) is 3.87. The fourth-order valence-corrected chi connectivity index (χ4v) is 2.29. The Morgan fingerprint density at radius 2 is 1.93 bits per heavy atom. The van der Waals surface area contributed by atoms with Crippen LogP contribution in [0.4, 0.5) is 0 Å². The molecule has 2 heteroatoms. The van der Waals surface area contributed by atoms with Gasteiger partial charge in [0.25, 0.3) is 0 Å². The molecular weight excluding hydrogens is 238 g/mol.